The lowest BCUT2D eigenvalue weighted by atomic mass is 10.1. The highest BCUT2D eigenvalue weighted by molar-refractivity contribution is 5.46. The van der Waals surface area contributed by atoms with E-state index in [0.29, 0.717) is 5.56 Å². The number of ether oxygens (including phenoxy) is 1. The van der Waals surface area contributed by atoms with Crippen molar-refractivity contribution in [3.63, 3.8) is 0 Å². The van der Waals surface area contributed by atoms with Gasteiger partial charge in [-0.3, -0.25) is 0 Å². The van der Waals surface area contributed by atoms with Crippen molar-refractivity contribution in [3.05, 3.63) is 11.9 Å². The van der Waals surface area contributed by atoms with Gasteiger partial charge >= 0.3 is 6.18 Å². The Bertz CT molecular complexity index is 393. The Labute approximate surface area is 97.0 Å². The third-order valence-corrected chi connectivity index (χ3v) is 2.20. The Morgan fingerprint density at radius 2 is 1.82 bits per heavy atom. The third-order valence-electron chi connectivity index (χ3n) is 2.20. The summed E-state index contributed by atoms with van der Waals surface area (Å²) in [5.41, 5.74) is 5.99. The van der Waals surface area contributed by atoms with Crippen LogP contribution >= 0.6 is 0 Å². The normalized spacial score (nSPS) is 13.8. The molecule has 0 aliphatic carbocycles. The van der Waals surface area contributed by atoms with Crippen LogP contribution in [0, 0.1) is 0 Å². The summed E-state index contributed by atoms with van der Waals surface area (Å²) >= 11 is 0. The number of anilines is 1. The zero-order chi connectivity index (χ0) is 13.2. The molecule has 2 N–H and O–H groups in total. The zero-order valence-electron chi connectivity index (χ0n) is 9.75. The zero-order valence-corrected chi connectivity index (χ0v) is 9.75. The van der Waals surface area contributed by atoms with E-state index in [1.54, 1.807) is 13.8 Å². The lowest BCUT2D eigenvalue weighted by Crippen LogP contribution is -2.32. The molecule has 0 aliphatic heterocycles. The van der Waals surface area contributed by atoms with E-state index in [1.165, 1.54) is 0 Å². The molecule has 17 heavy (non-hydrogen) atoms. The number of halogens is 3. The smallest absolute Gasteiger partial charge is 0.425 e. The predicted molar refractivity (Wildman–Crippen MR) is 56.7 cm³/mol. The maximum absolute atomic E-state index is 12.4. The minimum Gasteiger partial charge on any atom is -0.465 e. The number of alkyl halides is 3. The SMILES string of the molecule is CC(C)c1c(N)ncnc1OC(C)C(F)(F)F. The fourth-order valence-electron chi connectivity index (χ4n) is 1.26. The standard InChI is InChI=1S/C10H14F3N3O/c1-5(2)7-8(14)15-4-16-9(7)17-6(3)10(11,12)13/h4-6H,1-3H3,(H2,14,15,16). The molecule has 0 amide bonds. The number of hydrogen-bond donors (Lipinski definition) is 1. The summed E-state index contributed by atoms with van der Waals surface area (Å²) in [5, 5.41) is 0. The van der Waals surface area contributed by atoms with Crippen molar-refractivity contribution in [2.75, 3.05) is 5.73 Å². The quantitative estimate of drug-likeness (QED) is 0.894. The first-order valence-electron chi connectivity index (χ1n) is 5.07. The fourth-order valence-corrected chi connectivity index (χ4v) is 1.26. The van der Waals surface area contributed by atoms with E-state index in [2.05, 4.69) is 9.97 Å². The van der Waals surface area contributed by atoms with Crippen LogP contribution in [-0.2, 0) is 0 Å². The summed E-state index contributed by atoms with van der Waals surface area (Å²) in [5.74, 6) is -0.0941. The minimum atomic E-state index is -4.44. The molecule has 1 rings (SSSR count). The minimum absolute atomic E-state index is 0.114. The highest BCUT2D eigenvalue weighted by atomic mass is 19.4. The molecule has 0 aromatic carbocycles. The summed E-state index contributed by atoms with van der Waals surface area (Å²) in [7, 11) is 0. The lowest BCUT2D eigenvalue weighted by Gasteiger charge is -2.20. The highest BCUT2D eigenvalue weighted by Gasteiger charge is 2.39. The van der Waals surface area contributed by atoms with Gasteiger partial charge in [0, 0.05) is 0 Å². The second-order valence-corrected chi connectivity index (χ2v) is 3.93. The first kappa shape index (κ1) is 13.5. The van der Waals surface area contributed by atoms with Crippen molar-refractivity contribution in [2.45, 2.75) is 39.0 Å². The Hall–Kier alpha value is -1.53. The molecule has 96 valence electrons. The highest BCUT2D eigenvalue weighted by Crippen LogP contribution is 2.31. The topological polar surface area (TPSA) is 61.0 Å². The maximum Gasteiger partial charge on any atom is 0.425 e. The summed E-state index contributed by atoms with van der Waals surface area (Å²) in [6.45, 7) is 4.47. The van der Waals surface area contributed by atoms with Crippen LogP contribution in [0.3, 0.4) is 0 Å². The molecule has 0 saturated carbocycles. The number of nitrogens with two attached hydrogens (primary N) is 1. The largest absolute Gasteiger partial charge is 0.465 e. The van der Waals surface area contributed by atoms with Gasteiger partial charge in [-0.1, -0.05) is 13.8 Å². The number of rotatable bonds is 3. The van der Waals surface area contributed by atoms with Crippen LogP contribution in [0.4, 0.5) is 19.0 Å². The molecule has 1 aromatic rings. The van der Waals surface area contributed by atoms with E-state index >= 15 is 0 Å². The molecule has 1 unspecified atom stereocenters. The van der Waals surface area contributed by atoms with Crippen LogP contribution in [0.5, 0.6) is 5.88 Å². The molecule has 0 spiro atoms. The Balaban J connectivity index is 3.03. The van der Waals surface area contributed by atoms with Gasteiger partial charge in [-0.2, -0.15) is 13.2 Å². The summed E-state index contributed by atoms with van der Waals surface area (Å²) < 4.78 is 41.9. The van der Waals surface area contributed by atoms with Gasteiger partial charge in [0.15, 0.2) is 6.10 Å². The average molecular weight is 249 g/mol. The van der Waals surface area contributed by atoms with Gasteiger partial charge in [0.25, 0.3) is 0 Å². The second-order valence-electron chi connectivity index (χ2n) is 3.93. The average Bonchev–Trinajstić information content (AvgIpc) is 2.15. The van der Waals surface area contributed by atoms with E-state index in [9.17, 15) is 13.2 Å². The van der Waals surface area contributed by atoms with Crippen LogP contribution in [0.25, 0.3) is 0 Å². The summed E-state index contributed by atoms with van der Waals surface area (Å²) in [6.07, 6.45) is -5.29. The maximum atomic E-state index is 12.4. The molecular formula is C10H14F3N3O. The molecule has 1 heterocycles. The van der Waals surface area contributed by atoms with Crippen LogP contribution in [0.15, 0.2) is 6.33 Å². The second kappa shape index (κ2) is 4.77. The van der Waals surface area contributed by atoms with E-state index in [0.717, 1.165) is 13.3 Å². The first-order chi connectivity index (χ1) is 7.73. The molecule has 0 bridgehead atoms. The van der Waals surface area contributed by atoms with Crippen LogP contribution in [0.2, 0.25) is 0 Å². The van der Waals surface area contributed by atoms with Crippen molar-refractivity contribution in [1.29, 1.82) is 0 Å². The van der Waals surface area contributed by atoms with Gasteiger partial charge in [-0.05, 0) is 12.8 Å². The Kier molecular flexibility index (Phi) is 3.79. The van der Waals surface area contributed by atoms with Gasteiger partial charge in [0.05, 0.1) is 5.56 Å². The van der Waals surface area contributed by atoms with Gasteiger partial charge in [0.1, 0.15) is 12.1 Å². The molecule has 1 aromatic heterocycles. The molecule has 0 aliphatic rings. The molecule has 7 heteroatoms. The number of nitrogen functional groups attached to an aromatic ring is 1. The monoisotopic (exact) mass is 249 g/mol. The van der Waals surface area contributed by atoms with Gasteiger partial charge < -0.3 is 10.5 Å². The van der Waals surface area contributed by atoms with Gasteiger partial charge in [-0.25, -0.2) is 9.97 Å². The van der Waals surface area contributed by atoms with Crippen molar-refractivity contribution in [2.24, 2.45) is 0 Å². The van der Waals surface area contributed by atoms with E-state index < -0.39 is 12.3 Å². The predicted octanol–water partition coefficient (Wildman–Crippen LogP) is 2.51. The first-order valence-corrected chi connectivity index (χ1v) is 5.07. The number of hydrogen-bond acceptors (Lipinski definition) is 4. The van der Waals surface area contributed by atoms with Crippen molar-refractivity contribution in [3.8, 4) is 5.88 Å². The number of nitrogens with zero attached hydrogens (tertiary/aromatic N) is 2. The molecule has 0 radical (unpaired) electrons. The Morgan fingerprint density at radius 3 is 2.29 bits per heavy atom. The summed E-state index contributed by atoms with van der Waals surface area (Å²) in [4.78, 5) is 7.44. The number of aromatic nitrogens is 2. The third kappa shape index (κ3) is 3.21. The Morgan fingerprint density at radius 1 is 1.24 bits per heavy atom. The van der Waals surface area contributed by atoms with Crippen molar-refractivity contribution in [1.82, 2.24) is 9.97 Å². The van der Waals surface area contributed by atoms with Gasteiger partial charge in [0.2, 0.25) is 5.88 Å². The van der Waals surface area contributed by atoms with E-state index in [-0.39, 0.29) is 17.6 Å². The molecule has 4 nitrogen and oxygen atoms in total. The summed E-state index contributed by atoms with van der Waals surface area (Å²) in [6, 6.07) is 0. The van der Waals surface area contributed by atoms with Crippen LogP contribution < -0.4 is 10.5 Å². The molecule has 1 atom stereocenters. The van der Waals surface area contributed by atoms with E-state index in [4.69, 9.17) is 10.5 Å². The lowest BCUT2D eigenvalue weighted by molar-refractivity contribution is -0.190. The van der Waals surface area contributed by atoms with Crippen molar-refractivity contribution < 1.29 is 17.9 Å². The van der Waals surface area contributed by atoms with Gasteiger partial charge in [-0.15, -0.1) is 0 Å². The molecule has 0 fully saturated rings. The molecule has 0 saturated heterocycles. The van der Waals surface area contributed by atoms with Crippen LogP contribution in [-0.4, -0.2) is 22.2 Å². The van der Waals surface area contributed by atoms with Crippen LogP contribution in [0.1, 0.15) is 32.3 Å². The fraction of sp³-hybridized carbons (Fsp3) is 0.600. The molecular weight excluding hydrogens is 235 g/mol. The van der Waals surface area contributed by atoms with E-state index in [1.807, 2.05) is 0 Å². The van der Waals surface area contributed by atoms with Crippen molar-refractivity contribution >= 4 is 5.82 Å².